The molecule has 3 rings (SSSR count). The molecule has 1 aliphatic heterocycles. The fourth-order valence-electron chi connectivity index (χ4n) is 2.13. The number of nitrogens with zero attached hydrogens (tertiary/aromatic N) is 1. The molecule has 6 heteroatoms. The van der Waals surface area contributed by atoms with E-state index in [0.29, 0.717) is 31.2 Å². The third-order valence-electron chi connectivity index (χ3n) is 2.95. The zero-order valence-electron chi connectivity index (χ0n) is 9.82. The third-order valence-corrected chi connectivity index (χ3v) is 3.70. The van der Waals surface area contributed by atoms with Gasteiger partial charge in [0, 0.05) is 20.8 Å². The van der Waals surface area contributed by atoms with E-state index in [1.54, 1.807) is 6.07 Å². The van der Waals surface area contributed by atoms with Crippen LogP contribution in [0.3, 0.4) is 0 Å². The van der Waals surface area contributed by atoms with Gasteiger partial charge in [-0.05, 0) is 30.3 Å². The highest BCUT2D eigenvalue weighted by atomic mass is 35.5. The van der Waals surface area contributed by atoms with Gasteiger partial charge in [0.05, 0.1) is 16.0 Å². The lowest BCUT2D eigenvalue weighted by Crippen LogP contribution is -2.24. The SMILES string of the molecule is O=C1N=c2cc(Cl)cc(Cl)c2=C1c1cc(Cl)ccc1O. The summed E-state index contributed by atoms with van der Waals surface area (Å²) in [5.74, 6) is -0.548. The zero-order chi connectivity index (χ0) is 14.4. The number of hydrogen-bond acceptors (Lipinski definition) is 2. The van der Waals surface area contributed by atoms with Crippen molar-refractivity contribution in [3.05, 3.63) is 61.5 Å². The Bertz CT molecular complexity index is 875. The summed E-state index contributed by atoms with van der Waals surface area (Å²) in [4.78, 5) is 16.0. The van der Waals surface area contributed by atoms with Crippen molar-refractivity contribution in [1.82, 2.24) is 0 Å². The molecule has 0 saturated heterocycles. The van der Waals surface area contributed by atoms with Crippen LogP contribution in [0.4, 0.5) is 0 Å². The van der Waals surface area contributed by atoms with Gasteiger partial charge in [0.15, 0.2) is 0 Å². The van der Waals surface area contributed by atoms with E-state index >= 15 is 0 Å². The minimum absolute atomic E-state index is 0.0631. The number of fused-ring (bicyclic) bond motifs is 1. The second kappa shape index (κ2) is 4.77. The molecular weight excluding hydrogens is 321 g/mol. The van der Waals surface area contributed by atoms with Crippen LogP contribution >= 0.6 is 34.8 Å². The summed E-state index contributed by atoms with van der Waals surface area (Å²) < 4.78 is 0. The largest absolute Gasteiger partial charge is 0.507 e. The maximum Gasteiger partial charge on any atom is 0.279 e. The number of rotatable bonds is 1. The van der Waals surface area contributed by atoms with Gasteiger partial charge in [0.25, 0.3) is 5.91 Å². The Morgan fingerprint density at radius 3 is 2.50 bits per heavy atom. The number of hydrogen-bond donors (Lipinski definition) is 1. The van der Waals surface area contributed by atoms with Crippen LogP contribution in [-0.2, 0) is 4.79 Å². The van der Waals surface area contributed by atoms with E-state index in [-0.39, 0.29) is 11.3 Å². The summed E-state index contributed by atoms with van der Waals surface area (Å²) in [5, 5.41) is 11.9. The molecule has 0 saturated carbocycles. The highest BCUT2D eigenvalue weighted by Crippen LogP contribution is 2.29. The second-order valence-electron chi connectivity index (χ2n) is 4.24. The number of carbonyl (C=O) groups is 1. The molecule has 0 aliphatic carbocycles. The summed E-state index contributed by atoms with van der Waals surface area (Å²) in [6.45, 7) is 0. The van der Waals surface area contributed by atoms with Crippen LogP contribution in [-0.4, -0.2) is 11.0 Å². The lowest BCUT2D eigenvalue weighted by atomic mass is 10.0. The minimum atomic E-state index is -0.485. The quantitative estimate of drug-likeness (QED) is 0.876. The molecule has 1 heterocycles. The molecule has 100 valence electrons. The average molecular weight is 327 g/mol. The summed E-state index contributed by atoms with van der Waals surface area (Å²) in [7, 11) is 0. The van der Waals surface area contributed by atoms with Gasteiger partial charge in [0.2, 0.25) is 0 Å². The van der Waals surface area contributed by atoms with Crippen molar-refractivity contribution in [1.29, 1.82) is 0 Å². The van der Waals surface area contributed by atoms with E-state index in [1.807, 2.05) is 0 Å². The topological polar surface area (TPSA) is 49.7 Å². The van der Waals surface area contributed by atoms with Gasteiger partial charge in [-0.15, -0.1) is 0 Å². The van der Waals surface area contributed by atoms with Crippen molar-refractivity contribution < 1.29 is 9.90 Å². The second-order valence-corrected chi connectivity index (χ2v) is 5.52. The lowest BCUT2D eigenvalue weighted by Gasteiger charge is -2.05. The van der Waals surface area contributed by atoms with Gasteiger partial charge >= 0.3 is 0 Å². The number of amides is 1. The highest BCUT2D eigenvalue weighted by Gasteiger charge is 2.23. The summed E-state index contributed by atoms with van der Waals surface area (Å²) in [6, 6.07) is 7.52. The Morgan fingerprint density at radius 2 is 1.75 bits per heavy atom. The molecule has 1 aliphatic rings. The van der Waals surface area contributed by atoms with Crippen molar-refractivity contribution in [3.63, 3.8) is 0 Å². The van der Waals surface area contributed by atoms with Gasteiger partial charge in [-0.25, -0.2) is 4.99 Å². The number of benzene rings is 2. The number of phenolic OH excluding ortho intramolecular Hbond substituents is 1. The van der Waals surface area contributed by atoms with E-state index in [9.17, 15) is 9.90 Å². The zero-order valence-corrected chi connectivity index (χ0v) is 12.1. The molecule has 0 unspecified atom stereocenters. The van der Waals surface area contributed by atoms with Gasteiger partial charge in [-0.1, -0.05) is 34.8 Å². The third kappa shape index (κ3) is 2.08. The Kier molecular flexibility index (Phi) is 3.21. The Labute approximate surface area is 128 Å². The summed E-state index contributed by atoms with van der Waals surface area (Å²) in [5.41, 5.74) is 0.524. The smallest absolute Gasteiger partial charge is 0.279 e. The van der Waals surface area contributed by atoms with Crippen LogP contribution in [0.15, 0.2) is 35.3 Å². The Balaban J connectivity index is 2.46. The fourth-order valence-corrected chi connectivity index (χ4v) is 2.88. The summed E-state index contributed by atoms with van der Waals surface area (Å²) >= 11 is 18.0. The van der Waals surface area contributed by atoms with Crippen molar-refractivity contribution >= 4 is 46.3 Å². The minimum Gasteiger partial charge on any atom is -0.507 e. The maximum absolute atomic E-state index is 12.1. The molecule has 3 nitrogen and oxygen atoms in total. The van der Waals surface area contributed by atoms with Crippen molar-refractivity contribution in [2.75, 3.05) is 0 Å². The molecule has 0 aromatic heterocycles. The molecule has 1 N–H and O–H groups in total. The number of halogens is 3. The number of aromatic hydroxyl groups is 1. The number of carbonyl (C=O) groups excluding carboxylic acids is 1. The average Bonchev–Trinajstić information content (AvgIpc) is 2.68. The van der Waals surface area contributed by atoms with E-state index in [1.165, 1.54) is 24.3 Å². The van der Waals surface area contributed by atoms with Gasteiger partial charge in [-0.3, -0.25) is 4.79 Å². The van der Waals surface area contributed by atoms with Crippen molar-refractivity contribution in [2.24, 2.45) is 4.99 Å². The van der Waals surface area contributed by atoms with Crippen LogP contribution in [0.25, 0.3) is 5.57 Å². The first kappa shape index (κ1) is 13.4. The van der Waals surface area contributed by atoms with Crippen LogP contribution in [0.2, 0.25) is 15.1 Å². The molecule has 2 aromatic carbocycles. The Morgan fingerprint density at radius 1 is 1.00 bits per heavy atom. The van der Waals surface area contributed by atoms with E-state index in [2.05, 4.69) is 4.99 Å². The van der Waals surface area contributed by atoms with E-state index < -0.39 is 5.91 Å². The molecular formula is C14H6Cl3NO2. The van der Waals surface area contributed by atoms with Crippen LogP contribution in [0.5, 0.6) is 5.75 Å². The first-order valence-electron chi connectivity index (χ1n) is 5.58. The molecule has 1 amide bonds. The molecule has 2 aromatic rings. The normalized spacial score (nSPS) is 13.3. The molecule has 0 radical (unpaired) electrons. The molecule has 0 fully saturated rings. The van der Waals surface area contributed by atoms with Crippen LogP contribution in [0, 0.1) is 0 Å². The lowest BCUT2D eigenvalue weighted by molar-refractivity contribution is -0.112. The van der Waals surface area contributed by atoms with Gasteiger partial charge in [0.1, 0.15) is 5.75 Å². The standard InChI is InChI=1S/C14H6Cl3NO2/c15-6-1-2-11(19)8(3-6)12-13-9(17)4-7(16)5-10(13)18-14(12)20/h1-5,19H. The first-order valence-corrected chi connectivity index (χ1v) is 6.72. The van der Waals surface area contributed by atoms with Gasteiger partial charge in [-0.2, -0.15) is 0 Å². The fraction of sp³-hybridized carbons (Fsp3) is 0. The predicted molar refractivity (Wildman–Crippen MR) is 77.9 cm³/mol. The van der Waals surface area contributed by atoms with E-state index in [0.717, 1.165) is 0 Å². The molecule has 0 atom stereocenters. The molecule has 0 spiro atoms. The van der Waals surface area contributed by atoms with Crippen molar-refractivity contribution in [3.8, 4) is 5.75 Å². The van der Waals surface area contributed by atoms with Crippen LogP contribution < -0.4 is 10.6 Å². The Hall–Kier alpha value is -1.55. The van der Waals surface area contributed by atoms with Gasteiger partial charge < -0.3 is 5.11 Å². The number of phenols is 1. The van der Waals surface area contributed by atoms with Crippen molar-refractivity contribution in [2.45, 2.75) is 0 Å². The van der Waals surface area contributed by atoms with Crippen LogP contribution in [0.1, 0.15) is 5.56 Å². The van der Waals surface area contributed by atoms with E-state index in [4.69, 9.17) is 34.8 Å². The summed E-state index contributed by atoms with van der Waals surface area (Å²) in [6.07, 6.45) is 0. The first-order chi connectivity index (χ1) is 9.47. The molecule has 0 bridgehead atoms. The predicted octanol–water partition coefficient (Wildman–Crippen LogP) is 2.71. The maximum atomic E-state index is 12.1. The highest BCUT2D eigenvalue weighted by molar-refractivity contribution is 6.36. The monoisotopic (exact) mass is 325 g/mol. The molecule has 20 heavy (non-hydrogen) atoms.